The Bertz CT molecular complexity index is 896. The molecule has 0 spiro atoms. The van der Waals surface area contributed by atoms with Crippen molar-refractivity contribution in [2.24, 2.45) is 0 Å². The molecule has 8 heteroatoms. The van der Waals surface area contributed by atoms with E-state index in [4.69, 9.17) is 0 Å². The predicted molar refractivity (Wildman–Crippen MR) is 115 cm³/mol. The van der Waals surface area contributed by atoms with Gasteiger partial charge in [-0.05, 0) is 36.2 Å². The van der Waals surface area contributed by atoms with E-state index < -0.39 is 0 Å². The summed E-state index contributed by atoms with van der Waals surface area (Å²) in [4.78, 5) is 35.6. The number of carbonyl (C=O) groups excluding carboxylic acids is 2. The third-order valence-corrected chi connectivity index (χ3v) is 5.78. The SMILES string of the molecule is CN(C)c1cccc(C(=O)N2CCN(C(=O)C3CC(c4cccnc4)NN3)CC2)c1. The number of amides is 2. The van der Waals surface area contributed by atoms with E-state index in [2.05, 4.69) is 15.8 Å². The van der Waals surface area contributed by atoms with Crippen LogP contribution in [0.15, 0.2) is 48.8 Å². The van der Waals surface area contributed by atoms with E-state index in [9.17, 15) is 9.59 Å². The van der Waals surface area contributed by atoms with E-state index in [-0.39, 0.29) is 23.9 Å². The number of aromatic nitrogens is 1. The average molecular weight is 409 g/mol. The summed E-state index contributed by atoms with van der Waals surface area (Å²) in [5.74, 6) is 0.0960. The molecule has 4 rings (SSSR count). The van der Waals surface area contributed by atoms with Gasteiger partial charge >= 0.3 is 0 Å². The first-order valence-corrected chi connectivity index (χ1v) is 10.3. The summed E-state index contributed by atoms with van der Waals surface area (Å²) in [6.07, 6.45) is 4.24. The van der Waals surface area contributed by atoms with Gasteiger partial charge in [-0.3, -0.25) is 14.6 Å². The van der Waals surface area contributed by atoms with Crippen LogP contribution in [0.4, 0.5) is 5.69 Å². The van der Waals surface area contributed by atoms with Gasteiger partial charge in [0.1, 0.15) is 6.04 Å². The summed E-state index contributed by atoms with van der Waals surface area (Å²) in [6, 6.07) is 11.3. The molecule has 2 aromatic rings. The van der Waals surface area contributed by atoms with Crippen LogP contribution in [0.1, 0.15) is 28.4 Å². The molecule has 1 aromatic heterocycles. The van der Waals surface area contributed by atoms with E-state index in [1.807, 2.05) is 71.4 Å². The Labute approximate surface area is 176 Å². The molecule has 0 aliphatic carbocycles. The van der Waals surface area contributed by atoms with Gasteiger partial charge in [0.15, 0.2) is 0 Å². The fourth-order valence-corrected chi connectivity index (χ4v) is 3.97. The molecule has 8 nitrogen and oxygen atoms in total. The zero-order chi connectivity index (χ0) is 21.1. The van der Waals surface area contributed by atoms with Gasteiger partial charge in [-0.1, -0.05) is 12.1 Å². The largest absolute Gasteiger partial charge is 0.378 e. The van der Waals surface area contributed by atoms with Gasteiger partial charge < -0.3 is 14.7 Å². The lowest BCUT2D eigenvalue weighted by atomic mass is 10.0. The van der Waals surface area contributed by atoms with Crippen molar-refractivity contribution >= 4 is 17.5 Å². The normalized spacial score (nSPS) is 21.5. The highest BCUT2D eigenvalue weighted by Gasteiger charge is 2.34. The monoisotopic (exact) mass is 408 g/mol. The second-order valence-corrected chi connectivity index (χ2v) is 7.98. The molecule has 0 saturated carbocycles. The Morgan fingerprint density at radius 3 is 2.50 bits per heavy atom. The fraction of sp³-hybridized carbons (Fsp3) is 0.409. The van der Waals surface area contributed by atoms with Crippen molar-refractivity contribution in [3.8, 4) is 0 Å². The summed E-state index contributed by atoms with van der Waals surface area (Å²) < 4.78 is 0. The zero-order valence-electron chi connectivity index (χ0n) is 17.4. The highest BCUT2D eigenvalue weighted by molar-refractivity contribution is 5.95. The molecule has 2 N–H and O–H groups in total. The van der Waals surface area contributed by atoms with Crippen LogP contribution in [-0.4, -0.2) is 72.9 Å². The molecule has 2 atom stereocenters. The molecule has 158 valence electrons. The van der Waals surface area contributed by atoms with Gasteiger partial charge in [0, 0.05) is 70.0 Å². The third-order valence-electron chi connectivity index (χ3n) is 5.78. The lowest BCUT2D eigenvalue weighted by Gasteiger charge is -2.36. The van der Waals surface area contributed by atoms with Crippen LogP contribution >= 0.6 is 0 Å². The van der Waals surface area contributed by atoms with Crippen LogP contribution in [0.5, 0.6) is 0 Å². The van der Waals surface area contributed by atoms with Crippen LogP contribution in [0.2, 0.25) is 0 Å². The minimum Gasteiger partial charge on any atom is -0.378 e. The number of carbonyl (C=O) groups is 2. The maximum Gasteiger partial charge on any atom is 0.254 e. The Morgan fingerprint density at radius 1 is 1.03 bits per heavy atom. The minimum absolute atomic E-state index is 0.0168. The molecule has 0 radical (unpaired) electrons. The standard InChI is InChI=1S/C22H28N6O2/c1-26(2)18-7-3-5-16(13-18)21(29)27-9-11-28(12-10-27)22(30)20-14-19(24-25-20)17-6-4-8-23-15-17/h3-8,13,15,19-20,24-25H,9-12,14H2,1-2H3. The van der Waals surface area contributed by atoms with Gasteiger partial charge in [-0.15, -0.1) is 0 Å². The third kappa shape index (κ3) is 4.29. The summed E-state index contributed by atoms with van der Waals surface area (Å²) >= 11 is 0. The molecule has 2 unspecified atom stereocenters. The van der Waals surface area contributed by atoms with Crippen LogP contribution in [0, 0.1) is 0 Å². The smallest absolute Gasteiger partial charge is 0.254 e. The van der Waals surface area contributed by atoms with E-state index in [1.54, 1.807) is 6.20 Å². The maximum absolute atomic E-state index is 12.9. The molecule has 2 aliphatic rings. The fourth-order valence-electron chi connectivity index (χ4n) is 3.97. The maximum atomic E-state index is 12.9. The molecular weight excluding hydrogens is 380 g/mol. The highest BCUT2D eigenvalue weighted by atomic mass is 16.2. The van der Waals surface area contributed by atoms with Crippen molar-refractivity contribution < 1.29 is 9.59 Å². The molecule has 0 bridgehead atoms. The van der Waals surface area contributed by atoms with Gasteiger partial charge in [0.05, 0.1) is 0 Å². The Hall–Kier alpha value is -2.97. The van der Waals surface area contributed by atoms with Gasteiger partial charge in [0.25, 0.3) is 5.91 Å². The number of nitrogens with zero attached hydrogens (tertiary/aromatic N) is 4. The molecule has 1 aromatic carbocycles. The number of hydrazine groups is 1. The summed E-state index contributed by atoms with van der Waals surface area (Å²) in [5, 5.41) is 0. The number of hydrogen-bond acceptors (Lipinski definition) is 6. The first-order chi connectivity index (χ1) is 14.5. The number of rotatable bonds is 4. The number of hydrogen-bond donors (Lipinski definition) is 2. The highest BCUT2D eigenvalue weighted by Crippen LogP contribution is 2.23. The first-order valence-electron chi connectivity index (χ1n) is 10.3. The van der Waals surface area contributed by atoms with Crippen molar-refractivity contribution in [1.82, 2.24) is 25.6 Å². The van der Waals surface area contributed by atoms with Crippen molar-refractivity contribution in [2.75, 3.05) is 45.2 Å². The van der Waals surface area contributed by atoms with Crippen molar-refractivity contribution in [3.63, 3.8) is 0 Å². The number of pyridine rings is 1. The van der Waals surface area contributed by atoms with Crippen LogP contribution in [0.3, 0.4) is 0 Å². The molecule has 2 amide bonds. The molecule has 2 saturated heterocycles. The number of piperazine rings is 1. The first kappa shape index (κ1) is 20.3. The average Bonchev–Trinajstić information content (AvgIpc) is 3.29. The second-order valence-electron chi connectivity index (χ2n) is 7.98. The number of anilines is 1. The topological polar surface area (TPSA) is 80.8 Å². The number of nitrogens with one attached hydrogen (secondary N) is 2. The molecule has 3 heterocycles. The summed E-state index contributed by atoms with van der Waals surface area (Å²) in [7, 11) is 3.91. The molecule has 2 fully saturated rings. The van der Waals surface area contributed by atoms with Crippen LogP contribution in [-0.2, 0) is 4.79 Å². The Balaban J connectivity index is 1.32. The van der Waals surface area contributed by atoms with E-state index in [1.165, 1.54) is 0 Å². The van der Waals surface area contributed by atoms with Gasteiger partial charge in [0.2, 0.25) is 5.91 Å². The molecular formula is C22H28N6O2. The lowest BCUT2D eigenvalue weighted by molar-refractivity contribution is -0.134. The number of benzene rings is 1. The zero-order valence-corrected chi connectivity index (χ0v) is 17.4. The van der Waals surface area contributed by atoms with Crippen LogP contribution in [0.25, 0.3) is 0 Å². The van der Waals surface area contributed by atoms with E-state index >= 15 is 0 Å². The summed E-state index contributed by atoms with van der Waals surface area (Å²) in [6.45, 7) is 2.19. The van der Waals surface area contributed by atoms with Gasteiger partial charge in [-0.2, -0.15) is 0 Å². The Morgan fingerprint density at radius 2 is 1.80 bits per heavy atom. The van der Waals surface area contributed by atoms with Gasteiger partial charge in [-0.25, -0.2) is 10.9 Å². The molecule has 2 aliphatic heterocycles. The second kappa shape index (κ2) is 8.81. The summed E-state index contributed by atoms with van der Waals surface area (Å²) in [5.41, 5.74) is 9.07. The van der Waals surface area contributed by atoms with Crippen molar-refractivity contribution in [3.05, 3.63) is 59.9 Å². The van der Waals surface area contributed by atoms with Crippen molar-refractivity contribution in [2.45, 2.75) is 18.5 Å². The lowest BCUT2D eigenvalue weighted by Crippen LogP contribution is -2.54. The predicted octanol–water partition coefficient (Wildman–Crippen LogP) is 1.04. The van der Waals surface area contributed by atoms with Crippen molar-refractivity contribution in [1.29, 1.82) is 0 Å². The van der Waals surface area contributed by atoms with E-state index in [0.717, 1.165) is 11.3 Å². The quantitative estimate of drug-likeness (QED) is 0.787. The molecule has 30 heavy (non-hydrogen) atoms. The Kier molecular flexibility index (Phi) is 5.96. The minimum atomic E-state index is -0.269. The van der Waals surface area contributed by atoms with E-state index in [0.29, 0.717) is 38.2 Å². The van der Waals surface area contributed by atoms with Crippen LogP contribution < -0.4 is 15.8 Å².